The van der Waals surface area contributed by atoms with Gasteiger partial charge in [0.2, 0.25) is 0 Å². The van der Waals surface area contributed by atoms with E-state index in [1.54, 1.807) is 12.3 Å². The Morgan fingerprint density at radius 2 is 2.08 bits per heavy atom. The Morgan fingerprint density at radius 1 is 1.24 bits per heavy atom. The van der Waals surface area contributed by atoms with Crippen LogP contribution < -0.4 is 10.6 Å². The summed E-state index contributed by atoms with van der Waals surface area (Å²) < 4.78 is 5.50. The Morgan fingerprint density at radius 3 is 2.76 bits per heavy atom. The zero-order valence-electron chi connectivity index (χ0n) is 14.0. The lowest BCUT2D eigenvalue weighted by Gasteiger charge is -2.11. The topological polar surface area (TPSA) is 63.2 Å². The van der Waals surface area contributed by atoms with Crippen LogP contribution in [0.2, 0.25) is 5.02 Å². The monoisotopic (exact) mass is 359 g/mol. The van der Waals surface area contributed by atoms with Crippen molar-refractivity contribution < 1.29 is 9.53 Å². The normalized spacial score (nSPS) is 16.6. The minimum absolute atomic E-state index is 0.115. The second-order valence-corrected chi connectivity index (χ2v) is 6.52. The molecule has 1 fully saturated rings. The average molecular weight is 360 g/mol. The molecule has 1 amide bonds. The third kappa shape index (κ3) is 5.44. The first-order valence-corrected chi connectivity index (χ1v) is 8.93. The number of halogens is 1. The number of aromatic nitrogens is 1. The highest BCUT2D eigenvalue weighted by Crippen LogP contribution is 2.12. The van der Waals surface area contributed by atoms with Crippen molar-refractivity contribution in [3.63, 3.8) is 0 Å². The molecule has 1 aliphatic heterocycles. The standard InChI is InChI=1S/C19H22ClN3O2/c20-16-6-3-14(4-7-16)9-10-21-18-8-5-15(12-22-18)19(24)23-13-17-2-1-11-25-17/h3-8,12,17H,1-2,9-11,13H2,(H,21,22)(H,23,24). The second-order valence-electron chi connectivity index (χ2n) is 6.08. The van der Waals surface area contributed by atoms with Crippen molar-refractivity contribution in [3.05, 3.63) is 58.7 Å². The molecule has 25 heavy (non-hydrogen) atoms. The SMILES string of the molecule is O=C(NCC1CCCO1)c1ccc(NCCc2ccc(Cl)cc2)nc1. The number of benzene rings is 1. The second kappa shape index (κ2) is 8.83. The van der Waals surface area contributed by atoms with Crippen molar-refractivity contribution in [2.24, 2.45) is 0 Å². The lowest BCUT2D eigenvalue weighted by molar-refractivity contribution is 0.0857. The number of amides is 1. The van der Waals surface area contributed by atoms with E-state index in [0.29, 0.717) is 12.1 Å². The Balaban J connectivity index is 1.43. The van der Waals surface area contributed by atoms with Gasteiger partial charge >= 0.3 is 0 Å². The fourth-order valence-electron chi connectivity index (χ4n) is 2.73. The molecule has 1 aromatic carbocycles. The molecule has 0 radical (unpaired) electrons. The van der Waals surface area contributed by atoms with Crippen molar-refractivity contribution in [3.8, 4) is 0 Å². The summed E-state index contributed by atoms with van der Waals surface area (Å²) >= 11 is 5.88. The molecule has 2 N–H and O–H groups in total. The van der Waals surface area contributed by atoms with Crippen LogP contribution in [0.4, 0.5) is 5.82 Å². The minimum Gasteiger partial charge on any atom is -0.376 e. The molecular weight excluding hydrogens is 338 g/mol. The highest BCUT2D eigenvalue weighted by atomic mass is 35.5. The maximum absolute atomic E-state index is 12.1. The van der Waals surface area contributed by atoms with Crippen LogP contribution in [-0.2, 0) is 11.2 Å². The minimum atomic E-state index is -0.115. The first kappa shape index (κ1) is 17.7. The largest absolute Gasteiger partial charge is 0.376 e. The van der Waals surface area contributed by atoms with Crippen LogP contribution in [0.1, 0.15) is 28.8 Å². The Kier molecular flexibility index (Phi) is 6.25. The van der Waals surface area contributed by atoms with Crippen molar-refractivity contribution >= 4 is 23.3 Å². The number of rotatable bonds is 7. The molecule has 2 heterocycles. The van der Waals surface area contributed by atoms with Gasteiger partial charge in [0.1, 0.15) is 5.82 Å². The van der Waals surface area contributed by atoms with Gasteiger partial charge in [-0.05, 0) is 49.1 Å². The molecule has 0 aliphatic carbocycles. The van der Waals surface area contributed by atoms with Crippen molar-refractivity contribution in [2.75, 3.05) is 25.0 Å². The summed E-state index contributed by atoms with van der Waals surface area (Å²) in [6.07, 6.45) is 4.69. The summed E-state index contributed by atoms with van der Waals surface area (Å²) in [7, 11) is 0. The molecule has 1 saturated heterocycles. The summed E-state index contributed by atoms with van der Waals surface area (Å²) in [4.78, 5) is 16.4. The number of hydrogen-bond donors (Lipinski definition) is 2. The van der Waals surface area contributed by atoms with Gasteiger partial charge in [-0.3, -0.25) is 4.79 Å². The molecule has 1 atom stereocenters. The molecule has 2 aromatic rings. The number of ether oxygens (including phenoxy) is 1. The number of carbonyl (C=O) groups excluding carboxylic acids is 1. The molecule has 0 bridgehead atoms. The fraction of sp³-hybridized carbons (Fsp3) is 0.368. The maximum atomic E-state index is 12.1. The number of nitrogens with zero attached hydrogens (tertiary/aromatic N) is 1. The van der Waals surface area contributed by atoms with E-state index in [1.807, 2.05) is 30.3 Å². The summed E-state index contributed by atoms with van der Waals surface area (Å²) in [6, 6.07) is 11.4. The van der Waals surface area contributed by atoms with Gasteiger partial charge < -0.3 is 15.4 Å². The van der Waals surface area contributed by atoms with E-state index >= 15 is 0 Å². The summed E-state index contributed by atoms with van der Waals surface area (Å²) in [5, 5.41) is 6.89. The molecule has 1 unspecified atom stereocenters. The van der Waals surface area contributed by atoms with E-state index in [0.717, 1.165) is 43.3 Å². The molecular formula is C19H22ClN3O2. The van der Waals surface area contributed by atoms with Gasteiger partial charge in [-0.2, -0.15) is 0 Å². The van der Waals surface area contributed by atoms with Crippen molar-refractivity contribution in [2.45, 2.75) is 25.4 Å². The van der Waals surface area contributed by atoms with Gasteiger partial charge in [-0.1, -0.05) is 23.7 Å². The number of carbonyl (C=O) groups is 1. The van der Waals surface area contributed by atoms with Gasteiger partial charge in [0.05, 0.1) is 11.7 Å². The fourth-order valence-corrected chi connectivity index (χ4v) is 2.86. The lowest BCUT2D eigenvalue weighted by atomic mass is 10.1. The van der Waals surface area contributed by atoms with Gasteiger partial charge in [0, 0.05) is 30.9 Å². The average Bonchev–Trinajstić information content (AvgIpc) is 3.15. The molecule has 0 saturated carbocycles. The Bertz CT molecular complexity index is 683. The summed E-state index contributed by atoms with van der Waals surface area (Å²) in [6.45, 7) is 2.11. The van der Waals surface area contributed by atoms with E-state index in [9.17, 15) is 4.79 Å². The van der Waals surface area contributed by atoms with E-state index in [1.165, 1.54) is 5.56 Å². The van der Waals surface area contributed by atoms with E-state index < -0.39 is 0 Å². The van der Waals surface area contributed by atoms with Gasteiger partial charge in [-0.25, -0.2) is 4.98 Å². The van der Waals surface area contributed by atoms with Gasteiger partial charge in [0.15, 0.2) is 0 Å². The summed E-state index contributed by atoms with van der Waals surface area (Å²) in [5.74, 6) is 0.639. The molecule has 6 heteroatoms. The molecule has 0 spiro atoms. The van der Waals surface area contributed by atoms with Crippen LogP contribution in [0.25, 0.3) is 0 Å². The van der Waals surface area contributed by atoms with E-state index in [-0.39, 0.29) is 12.0 Å². The van der Waals surface area contributed by atoms with Crippen LogP contribution in [0.15, 0.2) is 42.6 Å². The maximum Gasteiger partial charge on any atom is 0.252 e. The predicted molar refractivity (Wildman–Crippen MR) is 99.2 cm³/mol. The van der Waals surface area contributed by atoms with Crippen molar-refractivity contribution in [1.29, 1.82) is 0 Å². The van der Waals surface area contributed by atoms with E-state index in [4.69, 9.17) is 16.3 Å². The van der Waals surface area contributed by atoms with E-state index in [2.05, 4.69) is 15.6 Å². The molecule has 5 nitrogen and oxygen atoms in total. The van der Waals surface area contributed by atoms with Crippen LogP contribution in [0.5, 0.6) is 0 Å². The highest BCUT2D eigenvalue weighted by molar-refractivity contribution is 6.30. The summed E-state index contributed by atoms with van der Waals surface area (Å²) in [5.41, 5.74) is 1.77. The number of hydrogen-bond acceptors (Lipinski definition) is 4. The quantitative estimate of drug-likeness (QED) is 0.796. The lowest BCUT2D eigenvalue weighted by Crippen LogP contribution is -2.31. The highest BCUT2D eigenvalue weighted by Gasteiger charge is 2.16. The van der Waals surface area contributed by atoms with Crippen LogP contribution in [0, 0.1) is 0 Å². The number of pyridine rings is 1. The number of nitrogens with one attached hydrogen (secondary N) is 2. The smallest absolute Gasteiger partial charge is 0.252 e. The molecule has 1 aromatic heterocycles. The van der Waals surface area contributed by atoms with Crippen LogP contribution >= 0.6 is 11.6 Å². The third-order valence-electron chi connectivity index (χ3n) is 4.17. The molecule has 1 aliphatic rings. The molecule has 132 valence electrons. The number of anilines is 1. The zero-order valence-corrected chi connectivity index (χ0v) is 14.8. The van der Waals surface area contributed by atoms with Crippen LogP contribution in [0.3, 0.4) is 0 Å². The first-order valence-electron chi connectivity index (χ1n) is 8.55. The Hall–Kier alpha value is -2.11. The third-order valence-corrected chi connectivity index (χ3v) is 4.42. The van der Waals surface area contributed by atoms with Gasteiger partial charge in [-0.15, -0.1) is 0 Å². The van der Waals surface area contributed by atoms with Gasteiger partial charge in [0.25, 0.3) is 5.91 Å². The zero-order chi connectivity index (χ0) is 17.5. The predicted octanol–water partition coefficient (Wildman–Crippen LogP) is 3.30. The molecule has 3 rings (SSSR count). The van der Waals surface area contributed by atoms with Crippen molar-refractivity contribution in [1.82, 2.24) is 10.3 Å². The Labute approximate surface area is 152 Å². The first-order chi connectivity index (χ1) is 12.2. The van der Waals surface area contributed by atoms with Crippen LogP contribution in [-0.4, -0.2) is 36.7 Å².